The van der Waals surface area contributed by atoms with Crippen molar-refractivity contribution in [3.8, 4) is 5.75 Å². The predicted molar refractivity (Wildman–Crippen MR) is 88.7 cm³/mol. The van der Waals surface area contributed by atoms with Gasteiger partial charge in [0.1, 0.15) is 17.6 Å². The molecule has 0 spiro atoms. The van der Waals surface area contributed by atoms with Crippen LogP contribution in [0.15, 0.2) is 64.0 Å². The van der Waals surface area contributed by atoms with E-state index < -0.39 is 0 Å². The Kier molecular flexibility index (Phi) is 3.81. The zero-order chi connectivity index (χ0) is 16.4. The van der Waals surface area contributed by atoms with Crippen molar-refractivity contribution in [3.63, 3.8) is 0 Å². The molecule has 0 amide bonds. The Morgan fingerprint density at radius 2 is 1.96 bits per heavy atom. The topological polar surface area (TPSA) is 67.5 Å². The summed E-state index contributed by atoms with van der Waals surface area (Å²) >= 11 is 0. The van der Waals surface area contributed by atoms with Gasteiger partial charge in [0.05, 0.1) is 16.5 Å². The van der Waals surface area contributed by atoms with Crippen molar-refractivity contribution in [1.29, 1.82) is 0 Å². The first kappa shape index (κ1) is 14.8. The first-order chi connectivity index (χ1) is 11.1. The summed E-state index contributed by atoms with van der Waals surface area (Å²) in [6, 6.07) is 11.7. The number of aromatic hydroxyl groups is 1. The smallest absolute Gasteiger partial charge is 0.199 e. The second kappa shape index (κ2) is 5.93. The highest BCUT2D eigenvalue weighted by atomic mass is 16.3. The van der Waals surface area contributed by atoms with Crippen LogP contribution < -0.4 is 5.43 Å². The molecule has 4 heteroatoms. The van der Waals surface area contributed by atoms with Crippen LogP contribution in [0.1, 0.15) is 21.5 Å². The maximum atomic E-state index is 12.3. The number of allylic oxidation sites excluding steroid dienone is 1. The van der Waals surface area contributed by atoms with Crippen molar-refractivity contribution in [2.45, 2.75) is 6.92 Å². The van der Waals surface area contributed by atoms with Crippen LogP contribution in [-0.4, -0.2) is 10.9 Å². The Labute approximate surface area is 132 Å². The van der Waals surface area contributed by atoms with Gasteiger partial charge in [0.15, 0.2) is 11.2 Å². The number of phenols is 1. The molecule has 0 aliphatic rings. The number of benzene rings is 2. The normalized spacial score (nSPS) is 11.2. The average Bonchev–Trinajstić information content (AvgIpc) is 2.56. The number of hydrogen-bond acceptors (Lipinski definition) is 4. The van der Waals surface area contributed by atoms with Gasteiger partial charge in [-0.05, 0) is 43.3 Å². The van der Waals surface area contributed by atoms with Gasteiger partial charge in [-0.15, -0.1) is 0 Å². The minimum atomic E-state index is -0.376. The molecule has 0 fully saturated rings. The number of aryl methyl sites for hydroxylation is 1. The number of carbonyl (C=O) groups excluding carboxylic acids is 1. The molecule has 1 N–H and O–H groups in total. The van der Waals surface area contributed by atoms with E-state index in [1.54, 1.807) is 36.4 Å². The van der Waals surface area contributed by atoms with Crippen LogP contribution in [0.25, 0.3) is 17.0 Å². The number of fused-ring (bicyclic) bond motifs is 1. The van der Waals surface area contributed by atoms with Crippen molar-refractivity contribution in [2.75, 3.05) is 0 Å². The predicted octanol–water partition coefficient (Wildman–Crippen LogP) is 3.70. The third-order valence-electron chi connectivity index (χ3n) is 3.54. The van der Waals surface area contributed by atoms with Crippen molar-refractivity contribution < 1.29 is 14.3 Å². The number of ketones is 1. The molecule has 0 unspecified atom stereocenters. The molecule has 3 aromatic rings. The van der Waals surface area contributed by atoms with Crippen molar-refractivity contribution in [1.82, 2.24) is 0 Å². The highest BCUT2D eigenvalue weighted by molar-refractivity contribution is 6.08. The summed E-state index contributed by atoms with van der Waals surface area (Å²) in [5, 5.41) is 10.2. The van der Waals surface area contributed by atoms with E-state index in [9.17, 15) is 14.7 Å². The molecule has 0 radical (unpaired) electrons. The molecule has 2 aromatic carbocycles. The summed E-state index contributed by atoms with van der Waals surface area (Å²) in [7, 11) is 0. The quantitative estimate of drug-likeness (QED) is 0.592. The van der Waals surface area contributed by atoms with Crippen LogP contribution in [0.4, 0.5) is 0 Å². The lowest BCUT2D eigenvalue weighted by Crippen LogP contribution is -2.05. The maximum absolute atomic E-state index is 12.3. The molecule has 3 rings (SSSR count). The molecule has 0 saturated heterocycles. The van der Waals surface area contributed by atoms with E-state index in [2.05, 4.69) is 0 Å². The Morgan fingerprint density at radius 3 is 2.78 bits per heavy atom. The van der Waals surface area contributed by atoms with Gasteiger partial charge in [-0.2, -0.15) is 0 Å². The second-order valence-electron chi connectivity index (χ2n) is 5.23. The molecule has 114 valence electrons. The van der Waals surface area contributed by atoms with Gasteiger partial charge in [-0.25, -0.2) is 0 Å². The third kappa shape index (κ3) is 2.92. The minimum absolute atomic E-state index is 0.0872. The van der Waals surface area contributed by atoms with Crippen LogP contribution in [0.2, 0.25) is 0 Å². The Morgan fingerprint density at radius 1 is 1.17 bits per heavy atom. The molecule has 1 aromatic heterocycles. The third-order valence-corrected chi connectivity index (χ3v) is 3.54. The Hall–Kier alpha value is -3.14. The zero-order valence-electron chi connectivity index (χ0n) is 12.4. The summed E-state index contributed by atoms with van der Waals surface area (Å²) in [4.78, 5) is 24.5. The molecule has 0 aliphatic carbocycles. The zero-order valence-corrected chi connectivity index (χ0v) is 12.4. The van der Waals surface area contributed by atoms with Crippen molar-refractivity contribution in [3.05, 3.63) is 81.7 Å². The molecule has 23 heavy (non-hydrogen) atoms. The number of para-hydroxylation sites is 1. The van der Waals surface area contributed by atoms with Gasteiger partial charge in [0.25, 0.3) is 0 Å². The number of hydrogen-bond donors (Lipinski definition) is 1. The van der Waals surface area contributed by atoms with Crippen LogP contribution in [0.5, 0.6) is 5.75 Å². The highest BCUT2D eigenvalue weighted by Gasteiger charge is 2.09. The van der Waals surface area contributed by atoms with Crippen LogP contribution in [0, 0.1) is 6.92 Å². The average molecular weight is 306 g/mol. The maximum Gasteiger partial charge on any atom is 0.199 e. The Balaban J connectivity index is 1.97. The number of rotatable bonds is 3. The fourth-order valence-corrected chi connectivity index (χ4v) is 2.31. The van der Waals surface area contributed by atoms with Gasteiger partial charge < -0.3 is 9.52 Å². The lowest BCUT2D eigenvalue weighted by Gasteiger charge is -2.02. The SMILES string of the molecule is Cc1ccc(O)c(C(=O)/C=C/c2coc3ccccc3c2=O)c1. The molecule has 0 aliphatic heterocycles. The monoisotopic (exact) mass is 306 g/mol. The van der Waals surface area contributed by atoms with Gasteiger partial charge in [-0.3, -0.25) is 9.59 Å². The number of carbonyl (C=O) groups is 1. The van der Waals surface area contributed by atoms with Gasteiger partial charge in [0, 0.05) is 0 Å². The van der Waals surface area contributed by atoms with E-state index in [1.807, 2.05) is 6.92 Å². The van der Waals surface area contributed by atoms with Gasteiger partial charge >= 0.3 is 0 Å². The van der Waals surface area contributed by atoms with Gasteiger partial charge in [0.2, 0.25) is 0 Å². The minimum Gasteiger partial charge on any atom is -0.507 e. The van der Waals surface area contributed by atoms with Crippen LogP contribution in [0.3, 0.4) is 0 Å². The lowest BCUT2D eigenvalue weighted by molar-refractivity contribution is 0.104. The van der Waals surface area contributed by atoms with Crippen molar-refractivity contribution >= 4 is 22.8 Å². The standard InChI is InChI=1S/C19H14O4/c1-12-6-8-16(20)15(10-12)17(21)9-7-13-11-23-18-5-3-2-4-14(18)19(13)22/h2-11,20H,1H3/b9-7+. The van der Waals surface area contributed by atoms with E-state index in [1.165, 1.54) is 24.5 Å². The summed E-state index contributed by atoms with van der Waals surface area (Å²) in [6.45, 7) is 1.83. The fraction of sp³-hybridized carbons (Fsp3) is 0.0526. The molecule has 0 bridgehead atoms. The number of phenolic OH excluding ortho intramolecular Hbond substituents is 1. The van der Waals surface area contributed by atoms with Crippen LogP contribution >= 0.6 is 0 Å². The largest absolute Gasteiger partial charge is 0.507 e. The van der Waals surface area contributed by atoms with E-state index in [4.69, 9.17) is 4.42 Å². The van der Waals surface area contributed by atoms with Crippen LogP contribution in [-0.2, 0) is 0 Å². The molecule has 4 nitrogen and oxygen atoms in total. The van der Waals surface area contributed by atoms with E-state index in [0.717, 1.165) is 5.56 Å². The second-order valence-corrected chi connectivity index (χ2v) is 5.23. The molecule has 0 atom stereocenters. The summed E-state index contributed by atoms with van der Waals surface area (Å²) in [5.41, 5.74) is 1.64. The first-order valence-electron chi connectivity index (χ1n) is 7.09. The van der Waals surface area contributed by atoms with E-state index in [0.29, 0.717) is 11.0 Å². The van der Waals surface area contributed by atoms with E-state index >= 15 is 0 Å². The van der Waals surface area contributed by atoms with Gasteiger partial charge in [-0.1, -0.05) is 23.8 Å². The molecular formula is C19H14O4. The van der Waals surface area contributed by atoms with Crippen molar-refractivity contribution in [2.24, 2.45) is 0 Å². The van der Waals surface area contributed by atoms with E-state index in [-0.39, 0.29) is 28.1 Å². The lowest BCUT2D eigenvalue weighted by atomic mass is 10.1. The highest BCUT2D eigenvalue weighted by Crippen LogP contribution is 2.19. The summed E-state index contributed by atoms with van der Waals surface area (Å²) in [6.07, 6.45) is 3.99. The summed E-state index contributed by atoms with van der Waals surface area (Å²) < 4.78 is 5.39. The first-order valence-corrected chi connectivity index (χ1v) is 7.09. The Bertz CT molecular complexity index is 980. The molecule has 0 saturated carbocycles. The molecular weight excluding hydrogens is 292 g/mol. The molecule has 1 heterocycles. The summed E-state index contributed by atoms with van der Waals surface area (Å²) in [5.74, 6) is -0.463. The fourth-order valence-electron chi connectivity index (χ4n) is 2.31.